The van der Waals surface area contributed by atoms with Gasteiger partial charge in [0.1, 0.15) is 0 Å². The third kappa shape index (κ3) is 8.96. The zero-order valence-corrected chi connectivity index (χ0v) is 20.2. The second kappa shape index (κ2) is 13.4. The summed E-state index contributed by atoms with van der Waals surface area (Å²) >= 11 is 0. The summed E-state index contributed by atoms with van der Waals surface area (Å²) in [6, 6.07) is 11.2. The Bertz CT molecular complexity index is 877. The van der Waals surface area contributed by atoms with Crippen molar-refractivity contribution in [1.29, 1.82) is 0 Å². The summed E-state index contributed by atoms with van der Waals surface area (Å²) in [7, 11) is -1.78. The van der Waals surface area contributed by atoms with Crippen molar-refractivity contribution in [3.8, 4) is 0 Å². The van der Waals surface area contributed by atoms with Crippen molar-refractivity contribution < 1.29 is 8.42 Å². The molecule has 0 bridgehead atoms. The molecule has 2 rings (SSSR count). The molecule has 1 aromatic heterocycles. The van der Waals surface area contributed by atoms with E-state index in [0.29, 0.717) is 17.4 Å². The molecular weight excluding hydrogens is 404 g/mol. The molecule has 170 valence electrons. The summed E-state index contributed by atoms with van der Waals surface area (Å²) in [6.45, 7) is 4.64. The molecule has 0 saturated carbocycles. The van der Waals surface area contributed by atoms with Crippen molar-refractivity contribution in [3.05, 3.63) is 72.1 Å². The summed E-state index contributed by atoms with van der Waals surface area (Å²) < 4.78 is 26.5. The summed E-state index contributed by atoms with van der Waals surface area (Å²) in [5, 5.41) is 0. The summed E-state index contributed by atoms with van der Waals surface area (Å²) in [5.74, 6) is 0.590. The molecule has 2 aromatic rings. The van der Waals surface area contributed by atoms with Gasteiger partial charge in [-0.1, -0.05) is 74.9 Å². The van der Waals surface area contributed by atoms with Crippen LogP contribution in [0.4, 0.5) is 0 Å². The topological polar surface area (TPSA) is 50.3 Å². The van der Waals surface area contributed by atoms with Gasteiger partial charge in [-0.25, -0.2) is 8.42 Å². The molecular formula is C26H38N2O2S. The molecule has 1 unspecified atom stereocenters. The minimum atomic E-state index is -3.41. The average Bonchev–Trinajstić information content (AvgIpc) is 2.78. The molecule has 0 spiro atoms. The maximum Gasteiger partial charge on any atom is 0.243 e. The maximum absolute atomic E-state index is 12.5. The first-order valence-electron chi connectivity index (χ1n) is 11.5. The van der Waals surface area contributed by atoms with Gasteiger partial charge < -0.3 is 0 Å². The van der Waals surface area contributed by atoms with Gasteiger partial charge in [-0.2, -0.15) is 4.31 Å². The van der Waals surface area contributed by atoms with Crippen molar-refractivity contribution in [2.75, 3.05) is 13.6 Å². The lowest BCUT2D eigenvalue weighted by molar-refractivity contribution is 0.498. The summed E-state index contributed by atoms with van der Waals surface area (Å²) in [4.78, 5) is 4.56. The molecule has 1 heterocycles. The molecule has 0 aliphatic carbocycles. The number of allylic oxidation sites excluding steroid dienone is 1. The zero-order chi connectivity index (χ0) is 22.5. The quantitative estimate of drug-likeness (QED) is 0.248. The molecule has 0 fully saturated rings. The molecule has 0 saturated heterocycles. The van der Waals surface area contributed by atoms with Crippen molar-refractivity contribution in [3.63, 3.8) is 0 Å². The number of likely N-dealkylation sites (N-methyl/N-ethyl adjacent to an activating group) is 1. The van der Waals surface area contributed by atoms with E-state index in [1.54, 1.807) is 19.2 Å². The molecule has 31 heavy (non-hydrogen) atoms. The molecule has 0 N–H and O–H groups in total. The van der Waals surface area contributed by atoms with Gasteiger partial charge in [0.05, 0.1) is 4.90 Å². The van der Waals surface area contributed by atoms with Crippen LogP contribution in [0.5, 0.6) is 0 Å². The first-order valence-corrected chi connectivity index (χ1v) is 12.9. The molecule has 0 radical (unpaired) electrons. The minimum absolute atomic E-state index is 0.351. The van der Waals surface area contributed by atoms with E-state index in [4.69, 9.17) is 0 Å². The third-order valence-corrected chi connectivity index (χ3v) is 7.61. The van der Waals surface area contributed by atoms with Crippen molar-refractivity contribution >= 4 is 10.0 Å². The van der Waals surface area contributed by atoms with Crippen LogP contribution in [-0.4, -0.2) is 31.3 Å². The lowest BCUT2D eigenvalue weighted by atomic mass is 9.96. The fraction of sp³-hybridized carbons (Fsp3) is 0.500. The van der Waals surface area contributed by atoms with Crippen LogP contribution in [0, 0.1) is 6.92 Å². The van der Waals surface area contributed by atoms with Gasteiger partial charge in [-0.3, -0.25) is 4.98 Å². The number of aromatic nitrogens is 1. The number of nitrogens with zero attached hydrogens (tertiary/aromatic N) is 2. The fourth-order valence-corrected chi connectivity index (χ4v) is 4.71. The fourth-order valence-electron chi connectivity index (χ4n) is 3.58. The standard InChI is InChI=1S/C26H38N2O2S/c1-23-16-18-26(19-17-23)31(29,30)28(3)21-12-10-8-6-4-5-7-9-11-14-24(2)25-15-13-20-27-22-25/h10,12-13,15-20,22,24H,4-9,11,14,21H2,1-3H3/b12-10+. The molecule has 0 amide bonds. The van der Waals surface area contributed by atoms with Crippen LogP contribution in [0.25, 0.3) is 0 Å². The number of hydrogen-bond donors (Lipinski definition) is 0. The van der Waals surface area contributed by atoms with E-state index in [-0.39, 0.29) is 0 Å². The van der Waals surface area contributed by atoms with E-state index in [0.717, 1.165) is 18.4 Å². The van der Waals surface area contributed by atoms with Gasteiger partial charge in [0.15, 0.2) is 0 Å². The highest BCUT2D eigenvalue weighted by Gasteiger charge is 2.19. The van der Waals surface area contributed by atoms with Gasteiger partial charge in [-0.15, -0.1) is 0 Å². The second-order valence-corrected chi connectivity index (χ2v) is 10.5. The molecule has 4 nitrogen and oxygen atoms in total. The highest BCUT2D eigenvalue weighted by Crippen LogP contribution is 2.21. The predicted molar refractivity (Wildman–Crippen MR) is 130 cm³/mol. The van der Waals surface area contributed by atoms with E-state index in [2.05, 4.69) is 24.1 Å². The van der Waals surface area contributed by atoms with Gasteiger partial charge in [0, 0.05) is 26.0 Å². The lowest BCUT2D eigenvalue weighted by Gasteiger charge is -2.15. The van der Waals surface area contributed by atoms with E-state index in [1.165, 1.54) is 48.4 Å². The molecule has 1 aromatic carbocycles. The van der Waals surface area contributed by atoms with Crippen LogP contribution < -0.4 is 0 Å². The Labute approximate surface area is 189 Å². The van der Waals surface area contributed by atoms with Crippen LogP contribution in [0.3, 0.4) is 0 Å². The number of sulfonamides is 1. The van der Waals surface area contributed by atoms with Gasteiger partial charge >= 0.3 is 0 Å². The molecule has 0 aliphatic rings. The van der Waals surface area contributed by atoms with Gasteiger partial charge in [0.2, 0.25) is 10.0 Å². The Hall–Kier alpha value is -1.98. The monoisotopic (exact) mass is 442 g/mol. The molecule has 1 atom stereocenters. The molecule has 0 aliphatic heterocycles. The van der Waals surface area contributed by atoms with Crippen LogP contribution >= 0.6 is 0 Å². The zero-order valence-electron chi connectivity index (χ0n) is 19.3. The third-order valence-electron chi connectivity index (χ3n) is 5.77. The number of rotatable bonds is 14. The lowest BCUT2D eigenvalue weighted by Crippen LogP contribution is -2.27. The van der Waals surface area contributed by atoms with Gasteiger partial charge in [-0.05, 0) is 55.9 Å². The SMILES string of the molecule is Cc1ccc(S(=O)(=O)N(C)C/C=C/CCCCCCCCC(C)c2cccnc2)cc1. The Morgan fingerprint density at radius 3 is 2.32 bits per heavy atom. The Morgan fingerprint density at radius 1 is 0.968 bits per heavy atom. The van der Waals surface area contributed by atoms with Crippen LogP contribution in [0.1, 0.15) is 75.3 Å². The van der Waals surface area contributed by atoms with Crippen LogP contribution in [0.15, 0.2) is 65.8 Å². The Morgan fingerprint density at radius 2 is 1.65 bits per heavy atom. The van der Waals surface area contributed by atoms with Crippen molar-refractivity contribution in [2.45, 2.75) is 76.0 Å². The largest absolute Gasteiger partial charge is 0.264 e. The van der Waals surface area contributed by atoms with Crippen molar-refractivity contribution in [1.82, 2.24) is 9.29 Å². The number of pyridine rings is 1. The number of hydrogen-bond acceptors (Lipinski definition) is 3. The van der Waals surface area contributed by atoms with Crippen LogP contribution in [-0.2, 0) is 10.0 Å². The normalized spacial score (nSPS) is 13.2. The van der Waals surface area contributed by atoms with Crippen molar-refractivity contribution in [2.24, 2.45) is 0 Å². The van der Waals surface area contributed by atoms with Crippen LogP contribution in [0.2, 0.25) is 0 Å². The van der Waals surface area contributed by atoms with E-state index < -0.39 is 10.0 Å². The predicted octanol–water partition coefficient (Wildman–Crippen LogP) is 6.49. The number of benzene rings is 1. The van der Waals surface area contributed by atoms with E-state index >= 15 is 0 Å². The summed E-state index contributed by atoms with van der Waals surface area (Å²) in [6.07, 6.45) is 17.7. The Kier molecular flexibility index (Phi) is 11.0. The summed E-state index contributed by atoms with van der Waals surface area (Å²) in [5.41, 5.74) is 2.40. The van der Waals surface area contributed by atoms with E-state index in [9.17, 15) is 8.42 Å². The first kappa shape index (κ1) is 25.3. The van der Waals surface area contributed by atoms with Gasteiger partial charge in [0.25, 0.3) is 0 Å². The minimum Gasteiger partial charge on any atom is -0.264 e. The highest BCUT2D eigenvalue weighted by molar-refractivity contribution is 7.89. The number of unbranched alkanes of at least 4 members (excludes halogenated alkanes) is 6. The maximum atomic E-state index is 12.5. The highest BCUT2D eigenvalue weighted by atomic mass is 32.2. The Balaban J connectivity index is 1.52. The second-order valence-electron chi connectivity index (χ2n) is 8.46. The van der Waals surface area contributed by atoms with E-state index in [1.807, 2.05) is 43.6 Å². The molecule has 5 heteroatoms. The first-order chi connectivity index (χ1) is 14.9. The number of aryl methyl sites for hydroxylation is 1. The average molecular weight is 443 g/mol. The smallest absolute Gasteiger partial charge is 0.243 e.